The summed E-state index contributed by atoms with van der Waals surface area (Å²) in [5.41, 5.74) is 9.95. The minimum absolute atomic E-state index is 0.128. The number of hydrogen-bond donors (Lipinski definition) is 2. The second-order valence-corrected chi connectivity index (χ2v) is 4.93. The maximum atomic E-state index is 11.4. The Morgan fingerprint density at radius 2 is 1.95 bits per heavy atom. The van der Waals surface area contributed by atoms with E-state index in [4.69, 9.17) is 10.5 Å². The predicted octanol–water partition coefficient (Wildman–Crippen LogP) is 2.43. The molecule has 0 aliphatic carbocycles. The lowest BCUT2D eigenvalue weighted by Gasteiger charge is -2.21. The maximum Gasteiger partial charge on any atom is 0.319 e. The summed E-state index contributed by atoms with van der Waals surface area (Å²) in [5, 5.41) is 3.22. The number of anilines is 1. The number of benzene rings is 2. The number of ether oxygens (including phenoxy) is 1. The Hall–Kier alpha value is -2.33. The van der Waals surface area contributed by atoms with Crippen molar-refractivity contribution >= 4 is 11.7 Å². The molecule has 2 rings (SSSR count). The average Bonchev–Trinajstić information content (AvgIpc) is 2.51. The van der Waals surface area contributed by atoms with Crippen LogP contribution in [0.3, 0.4) is 0 Å². The van der Waals surface area contributed by atoms with Crippen molar-refractivity contribution in [1.29, 1.82) is 0 Å². The summed E-state index contributed by atoms with van der Waals surface area (Å²) in [4.78, 5) is 11.4. The Morgan fingerprint density at radius 1 is 1.24 bits per heavy atom. The van der Waals surface area contributed by atoms with Gasteiger partial charge in [-0.25, -0.2) is 0 Å². The van der Waals surface area contributed by atoms with Crippen LogP contribution in [0, 0.1) is 6.92 Å². The first-order chi connectivity index (χ1) is 10.1. The molecule has 21 heavy (non-hydrogen) atoms. The van der Waals surface area contributed by atoms with Crippen LogP contribution in [0.25, 0.3) is 0 Å². The number of carbonyl (C=O) groups is 1. The lowest BCUT2D eigenvalue weighted by molar-refractivity contribution is -0.139. The molecule has 0 amide bonds. The van der Waals surface area contributed by atoms with E-state index in [9.17, 15) is 4.79 Å². The number of rotatable bonds is 5. The number of methoxy groups -OCH3 is 1. The first-order valence-electron chi connectivity index (χ1n) is 6.83. The van der Waals surface area contributed by atoms with E-state index in [0.29, 0.717) is 5.69 Å². The van der Waals surface area contributed by atoms with Crippen molar-refractivity contribution in [3.8, 4) is 0 Å². The van der Waals surface area contributed by atoms with Crippen LogP contribution in [0.1, 0.15) is 22.7 Å². The number of carbonyl (C=O) groups excluding carboxylic acids is 1. The number of hydrogen-bond acceptors (Lipinski definition) is 4. The highest BCUT2D eigenvalue weighted by Gasteiger charge is 2.17. The van der Waals surface area contributed by atoms with Crippen molar-refractivity contribution in [3.63, 3.8) is 0 Å². The smallest absolute Gasteiger partial charge is 0.319 e. The van der Waals surface area contributed by atoms with Crippen LogP contribution in [0.15, 0.2) is 48.5 Å². The number of nitrogens with two attached hydrogens (primary N) is 1. The molecule has 1 atom stereocenters. The van der Waals surface area contributed by atoms with Gasteiger partial charge >= 0.3 is 5.97 Å². The zero-order chi connectivity index (χ0) is 15.2. The highest BCUT2D eigenvalue weighted by Crippen LogP contribution is 2.27. The van der Waals surface area contributed by atoms with Crippen LogP contribution in [0.5, 0.6) is 0 Å². The zero-order valence-electron chi connectivity index (χ0n) is 12.3. The van der Waals surface area contributed by atoms with Crippen molar-refractivity contribution in [1.82, 2.24) is 5.32 Å². The number of esters is 1. The molecule has 0 spiro atoms. The quantitative estimate of drug-likeness (QED) is 0.654. The predicted molar refractivity (Wildman–Crippen MR) is 83.9 cm³/mol. The van der Waals surface area contributed by atoms with E-state index < -0.39 is 0 Å². The van der Waals surface area contributed by atoms with Gasteiger partial charge in [-0.3, -0.25) is 10.1 Å². The molecule has 0 radical (unpaired) electrons. The molecule has 0 aromatic heterocycles. The largest absolute Gasteiger partial charge is 0.468 e. The Labute approximate surface area is 124 Å². The summed E-state index contributed by atoms with van der Waals surface area (Å²) < 4.78 is 4.69. The summed E-state index contributed by atoms with van der Waals surface area (Å²) in [5.74, 6) is -0.304. The molecule has 0 bridgehead atoms. The van der Waals surface area contributed by atoms with Crippen LogP contribution in [0.2, 0.25) is 0 Å². The van der Waals surface area contributed by atoms with Crippen molar-refractivity contribution in [2.45, 2.75) is 13.0 Å². The van der Waals surface area contributed by atoms with Gasteiger partial charge in [0.25, 0.3) is 0 Å². The monoisotopic (exact) mass is 284 g/mol. The first-order valence-corrected chi connectivity index (χ1v) is 6.83. The third kappa shape index (κ3) is 3.83. The molecule has 0 heterocycles. The zero-order valence-corrected chi connectivity index (χ0v) is 12.3. The molecule has 0 aliphatic heterocycles. The average molecular weight is 284 g/mol. The molecular formula is C17H20N2O2. The summed E-state index contributed by atoms with van der Waals surface area (Å²) in [6.45, 7) is 2.15. The molecule has 4 heteroatoms. The molecule has 0 saturated carbocycles. The Bertz CT molecular complexity index is 611. The lowest BCUT2D eigenvalue weighted by Crippen LogP contribution is -2.29. The molecule has 2 aromatic rings. The summed E-state index contributed by atoms with van der Waals surface area (Å²) >= 11 is 0. The minimum Gasteiger partial charge on any atom is -0.468 e. The molecule has 3 N–H and O–H groups in total. The normalized spacial score (nSPS) is 11.9. The highest BCUT2D eigenvalue weighted by molar-refractivity contribution is 5.71. The first kappa shape index (κ1) is 15.1. The van der Waals surface area contributed by atoms with E-state index in [2.05, 4.69) is 5.32 Å². The summed E-state index contributed by atoms with van der Waals surface area (Å²) in [6, 6.07) is 15.7. The molecule has 1 unspecified atom stereocenters. The van der Waals surface area contributed by atoms with Crippen LogP contribution >= 0.6 is 0 Å². The van der Waals surface area contributed by atoms with Gasteiger partial charge in [-0.05, 0) is 24.1 Å². The Kier molecular flexibility index (Phi) is 4.95. The van der Waals surface area contributed by atoms with Gasteiger partial charge in [-0.2, -0.15) is 0 Å². The van der Waals surface area contributed by atoms with Crippen molar-refractivity contribution in [3.05, 3.63) is 65.2 Å². The van der Waals surface area contributed by atoms with Gasteiger partial charge in [-0.1, -0.05) is 48.0 Å². The number of nitrogen functional groups attached to an aromatic ring is 1. The van der Waals surface area contributed by atoms with Crippen LogP contribution < -0.4 is 11.1 Å². The Balaban J connectivity index is 2.35. The molecule has 0 fully saturated rings. The second-order valence-electron chi connectivity index (χ2n) is 4.93. The molecule has 110 valence electrons. The van der Waals surface area contributed by atoms with Crippen molar-refractivity contribution < 1.29 is 9.53 Å². The highest BCUT2D eigenvalue weighted by atomic mass is 16.5. The standard InChI is InChI=1S/C17H20N2O2/c1-12-8-9-15(18)14(10-12)17(19-11-16(20)21-2)13-6-4-3-5-7-13/h3-10,17,19H,11,18H2,1-2H3. The van der Waals surface area contributed by atoms with E-state index in [1.54, 1.807) is 0 Å². The SMILES string of the molecule is COC(=O)CNC(c1ccccc1)c1cc(C)ccc1N. The summed E-state index contributed by atoms with van der Waals surface area (Å²) in [7, 11) is 1.38. The fraction of sp³-hybridized carbons (Fsp3) is 0.235. The van der Waals surface area contributed by atoms with E-state index in [1.807, 2.05) is 55.5 Å². The molecule has 0 aliphatic rings. The van der Waals surface area contributed by atoms with Crippen LogP contribution in [-0.2, 0) is 9.53 Å². The second kappa shape index (κ2) is 6.90. The fourth-order valence-corrected chi connectivity index (χ4v) is 2.25. The maximum absolute atomic E-state index is 11.4. The van der Waals surface area contributed by atoms with Gasteiger partial charge in [0, 0.05) is 5.69 Å². The van der Waals surface area contributed by atoms with Gasteiger partial charge in [0.2, 0.25) is 0 Å². The fourth-order valence-electron chi connectivity index (χ4n) is 2.25. The van der Waals surface area contributed by atoms with Gasteiger partial charge in [0.05, 0.1) is 19.7 Å². The van der Waals surface area contributed by atoms with E-state index in [0.717, 1.165) is 16.7 Å². The van der Waals surface area contributed by atoms with E-state index >= 15 is 0 Å². The third-order valence-corrected chi connectivity index (χ3v) is 3.36. The van der Waals surface area contributed by atoms with E-state index in [1.165, 1.54) is 7.11 Å². The molecule has 0 saturated heterocycles. The minimum atomic E-state index is -0.304. The van der Waals surface area contributed by atoms with Gasteiger partial charge in [0.1, 0.15) is 0 Å². The van der Waals surface area contributed by atoms with Crippen LogP contribution in [0.4, 0.5) is 5.69 Å². The molecular weight excluding hydrogens is 264 g/mol. The van der Waals surface area contributed by atoms with E-state index in [-0.39, 0.29) is 18.6 Å². The third-order valence-electron chi connectivity index (χ3n) is 3.36. The molecule has 2 aromatic carbocycles. The van der Waals surface area contributed by atoms with Crippen molar-refractivity contribution in [2.75, 3.05) is 19.4 Å². The van der Waals surface area contributed by atoms with Crippen LogP contribution in [-0.4, -0.2) is 19.6 Å². The number of nitrogens with one attached hydrogen (secondary N) is 1. The summed E-state index contributed by atoms with van der Waals surface area (Å²) in [6.07, 6.45) is 0. The van der Waals surface area contributed by atoms with Gasteiger partial charge < -0.3 is 10.5 Å². The molecule has 4 nitrogen and oxygen atoms in total. The van der Waals surface area contributed by atoms with Gasteiger partial charge in [0.15, 0.2) is 0 Å². The number of aryl methyl sites for hydroxylation is 1. The van der Waals surface area contributed by atoms with Crippen molar-refractivity contribution in [2.24, 2.45) is 0 Å². The Morgan fingerprint density at radius 3 is 2.62 bits per heavy atom. The van der Waals surface area contributed by atoms with Gasteiger partial charge in [-0.15, -0.1) is 0 Å². The lowest BCUT2D eigenvalue weighted by atomic mass is 9.96. The topological polar surface area (TPSA) is 64.3 Å².